The number of aliphatic hydroxyl groups is 2. The van der Waals surface area contributed by atoms with E-state index < -0.39 is 11.7 Å². The Labute approximate surface area is 81.0 Å². The van der Waals surface area contributed by atoms with Gasteiger partial charge in [0.25, 0.3) is 0 Å². The number of hydrogen-bond acceptors (Lipinski definition) is 2. The van der Waals surface area contributed by atoms with Gasteiger partial charge in [0, 0.05) is 5.41 Å². The van der Waals surface area contributed by atoms with Gasteiger partial charge in [-0.05, 0) is 40.5 Å². The number of aliphatic hydroxyl groups excluding tert-OH is 1. The molecule has 0 aromatic carbocycles. The van der Waals surface area contributed by atoms with E-state index in [0.29, 0.717) is 12.8 Å². The fourth-order valence-electron chi connectivity index (χ4n) is 0.923. The van der Waals surface area contributed by atoms with Crippen molar-refractivity contribution in [2.45, 2.75) is 52.2 Å². The fraction of sp³-hybridized carbons (Fsp3) is 0.818. The largest absolute Gasteiger partial charge is 0.390 e. The average Bonchev–Trinajstić information content (AvgIpc) is 1.98. The molecule has 0 rings (SSSR count). The Bertz CT molecular complexity index is 193. The molecule has 0 aliphatic rings. The van der Waals surface area contributed by atoms with E-state index >= 15 is 0 Å². The zero-order valence-corrected chi connectivity index (χ0v) is 8.96. The number of hydrogen-bond donors (Lipinski definition) is 2. The summed E-state index contributed by atoms with van der Waals surface area (Å²) in [4.78, 5) is 0. The minimum Gasteiger partial charge on any atom is -0.390 e. The van der Waals surface area contributed by atoms with Gasteiger partial charge in [-0.1, -0.05) is 0 Å². The van der Waals surface area contributed by atoms with Crippen LogP contribution in [0.4, 0.5) is 0 Å². The van der Waals surface area contributed by atoms with E-state index in [0.717, 1.165) is 0 Å². The maximum absolute atomic E-state index is 9.53. The number of rotatable bonds is 4. The Morgan fingerprint density at radius 3 is 2.08 bits per heavy atom. The highest BCUT2D eigenvalue weighted by molar-refractivity contribution is 5.00. The van der Waals surface area contributed by atoms with Gasteiger partial charge in [-0.15, -0.1) is 12.3 Å². The predicted molar refractivity (Wildman–Crippen MR) is 54.2 cm³/mol. The normalized spacial score (nSPS) is 15.2. The first-order valence-corrected chi connectivity index (χ1v) is 4.57. The maximum Gasteiger partial charge on any atom is 0.0849 e. The Hall–Kier alpha value is -0.520. The summed E-state index contributed by atoms with van der Waals surface area (Å²) in [6.07, 6.45) is 5.84. The van der Waals surface area contributed by atoms with Gasteiger partial charge in [0.15, 0.2) is 0 Å². The SMILES string of the molecule is C#CC(C)(C)CCC(O)C(C)(C)O. The van der Waals surface area contributed by atoms with Crippen molar-refractivity contribution >= 4 is 0 Å². The summed E-state index contributed by atoms with van der Waals surface area (Å²) < 4.78 is 0. The summed E-state index contributed by atoms with van der Waals surface area (Å²) in [5.74, 6) is 2.66. The average molecular weight is 184 g/mol. The third-order valence-corrected chi connectivity index (χ3v) is 2.25. The van der Waals surface area contributed by atoms with Crippen molar-refractivity contribution in [3.05, 3.63) is 0 Å². The topological polar surface area (TPSA) is 40.5 Å². The second-order valence-corrected chi connectivity index (χ2v) is 4.74. The van der Waals surface area contributed by atoms with Crippen molar-refractivity contribution in [1.29, 1.82) is 0 Å². The van der Waals surface area contributed by atoms with E-state index in [-0.39, 0.29) is 5.41 Å². The van der Waals surface area contributed by atoms with Gasteiger partial charge in [-0.2, -0.15) is 0 Å². The van der Waals surface area contributed by atoms with E-state index in [9.17, 15) is 10.2 Å². The molecule has 2 nitrogen and oxygen atoms in total. The lowest BCUT2D eigenvalue weighted by molar-refractivity contribution is -0.0542. The predicted octanol–water partition coefficient (Wildman–Crippen LogP) is 1.56. The lowest BCUT2D eigenvalue weighted by Gasteiger charge is -2.27. The first kappa shape index (κ1) is 12.5. The summed E-state index contributed by atoms with van der Waals surface area (Å²) in [6, 6.07) is 0. The van der Waals surface area contributed by atoms with E-state index in [1.807, 2.05) is 13.8 Å². The van der Waals surface area contributed by atoms with Gasteiger partial charge >= 0.3 is 0 Å². The van der Waals surface area contributed by atoms with Crippen LogP contribution in [0.5, 0.6) is 0 Å². The molecule has 0 saturated heterocycles. The quantitative estimate of drug-likeness (QED) is 0.651. The van der Waals surface area contributed by atoms with Gasteiger partial charge in [0.1, 0.15) is 0 Å². The lowest BCUT2D eigenvalue weighted by atomic mass is 9.85. The molecule has 1 atom stereocenters. The van der Waals surface area contributed by atoms with Crippen LogP contribution in [0.3, 0.4) is 0 Å². The van der Waals surface area contributed by atoms with E-state index in [1.54, 1.807) is 13.8 Å². The molecule has 2 heteroatoms. The summed E-state index contributed by atoms with van der Waals surface area (Å²) in [6.45, 7) is 7.09. The molecule has 2 N–H and O–H groups in total. The van der Waals surface area contributed by atoms with E-state index in [1.165, 1.54) is 0 Å². The van der Waals surface area contributed by atoms with E-state index in [2.05, 4.69) is 5.92 Å². The molecule has 0 aliphatic heterocycles. The molecule has 0 heterocycles. The van der Waals surface area contributed by atoms with Crippen LogP contribution in [0.2, 0.25) is 0 Å². The Balaban J connectivity index is 3.99. The van der Waals surface area contributed by atoms with Crippen molar-refractivity contribution in [3.8, 4) is 12.3 Å². The molecule has 0 fully saturated rings. The molecule has 0 spiro atoms. The van der Waals surface area contributed by atoms with Gasteiger partial charge < -0.3 is 10.2 Å². The molecule has 13 heavy (non-hydrogen) atoms. The number of terminal acetylenes is 1. The van der Waals surface area contributed by atoms with Crippen LogP contribution >= 0.6 is 0 Å². The van der Waals surface area contributed by atoms with Gasteiger partial charge in [0.2, 0.25) is 0 Å². The molecule has 0 aliphatic carbocycles. The van der Waals surface area contributed by atoms with Crippen molar-refractivity contribution in [1.82, 2.24) is 0 Å². The summed E-state index contributed by atoms with van der Waals surface area (Å²) >= 11 is 0. The minimum atomic E-state index is -1.04. The maximum atomic E-state index is 9.53. The van der Waals surface area contributed by atoms with Gasteiger partial charge in [0.05, 0.1) is 11.7 Å². The molecule has 1 unspecified atom stereocenters. The van der Waals surface area contributed by atoms with Crippen LogP contribution < -0.4 is 0 Å². The van der Waals surface area contributed by atoms with Crippen molar-refractivity contribution in [3.63, 3.8) is 0 Å². The third-order valence-electron chi connectivity index (χ3n) is 2.25. The van der Waals surface area contributed by atoms with Crippen LogP contribution in [-0.4, -0.2) is 21.9 Å². The first-order valence-electron chi connectivity index (χ1n) is 4.57. The highest BCUT2D eigenvalue weighted by atomic mass is 16.3. The molecule has 0 aromatic rings. The standard InChI is InChI=1S/C11H20O2/c1-6-10(2,3)8-7-9(12)11(4,5)13/h1,9,12-13H,7-8H2,2-5H3. The Morgan fingerprint density at radius 2 is 1.77 bits per heavy atom. The molecule has 0 radical (unpaired) electrons. The van der Waals surface area contributed by atoms with Gasteiger partial charge in [-0.25, -0.2) is 0 Å². The van der Waals surface area contributed by atoms with Crippen LogP contribution in [0.15, 0.2) is 0 Å². The second kappa shape index (κ2) is 4.13. The Morgan fingerprint density at radius 1 is 1.31 bits per heavy atom. The fourth-order valence-corrected chi connectivity index (χ4v) is 0.923. The molecular formula is C11H20O2. The molecule has 76 valence electrons. The molecule has 0 amide bonds. The van der Waals surface area contributed by atoms with Crippen LogP contribution in [0, 0.1) is 17.8 Å². The first-order chi connectivity index (χ1) is 5.69. The van der Waals surface area contributed by atoms with Crippen molar-refractivity contribution < 1.29 is 10.2 Å². The third kappa shape index (κ3) is 4.92. The summed E-state index contributed by atoms with van der Waals surface area (Å²) in [5, 5.41) is 19.0. The summed E-state index contributed by atoms with van der Waals surface area (Å²) in [5.41, 5.74) is -1.24. The molecule has 0 saturated carbocycles. The molecule has 0 bridgehead atoms. The van der Waals surface area contributed by atoms with Crippen LogP contribution in [0.25, 0.3) is 0 Å². The minimum absolute atomic E-state index is 0.202. The lowest BCUT2D eigenvalue weighted by Crippen LogP contribution is -2.36. The zero-order valence-electron chi connectivity index (χ0n) is 8.96. The zero-order chi connectivity index (χ0) is 10.7. The van der Waals surface area contributed by atoms with Crippen LogP contribution in [-0.2, 0) is 0 Å². The second-order valence-electron chi connectivity index (χ2n) is 4.74. The Kier molecular flexibility index (Phi) is 3.96. The van der Waals surface area contributed by atoms with E-state index in [4.69, 9.17) is 6.42 Å². The molecule has 0 aromatic heterocycles. The van der Waals surface area contributed by atoms with Crippen molar-refractivity contribution in [2.75, 3.05) is 0 Å². The van der Waals surface area contributed by atoms with Crippen molar-refractivity contribution in [2.24, 2.45) is 5.41 Å². The highest BCUT2D eigenvalue weighted by Crippen LogP contribution is 2.24. The monoisotopic (exact) mass is 184 g/mol. The molecular weight excluding hydrogens is 164 g/mol. The van der Waals surface area contributed by atoms with Crippen LogP contribution in [0.1, 0.15) is 40.5 Å². The van der Waals surface area contributed by atoms with Gasteiger partial charge in [-0.3, -0.25) is 0 Å². The smallest absolute Gasteiger partial charge is 0.0849 e. The summed E-state index contributed by atoms with van der Waals surface area (Å²) in [7, 11) is 0. The highest BCUT2D eigenvalue weighted by Gasteiger charge is 2.26.